The van der Waals surface area contributed by atoms with E-state index >= 15 is 0 Å². The lowest BCUT2D eigenvalue weighted by Crippen LogP contribution is -2.25. The number of pyridine rings is 1. The van der Waals surface area contributed by atoms with E-state index in [9.17, 15) is 13.2 Å². The van der Waals surface area contributed by atoms with Crippen LogP contribution in [0.15, 0.2) is 53.7 Å². The van der Waals surface area contributed by atoms with Crippen molar-refractivity contribution >= 4 is 27.1 Å². The number of hydrogen-bond donors (Lipinski definition) is 1. The van der Waals surface area contributed by atoms with Crippen LogP contribution >= 0.6 is 0 Å². The first-order valence-electron chi connectivity index (χ1n) is 8.76. The normalized spacial score (nSPS) is 14.1. The predicted octanol–water partition coefficient (Wildman–Crippen LogP) is 1.76. The standard InChI is InChI=1S/C19H20N4O3S/c1-22-17-8-7-16(11-14(17)12-19(22)24)27(25,26)21-9-4-6-18-20-13-15-5-2-3-10-23(15)18/h2-3,5,7-8,10-11,13,21H,4,6,9,12H2,1H3. The number of anilines is 1. The first-order valence-corrected chi connectivity index (χ1v) is 10.2. The zero-order chi connectivity index (χ0) is 19.0. The number of likely N-dealkylation sites (N-methyl/N-ethyl adjacent to an activating group) is 1. The number of nitrogens with zero attached hydrogens (tertiary/aromatic N) is 3. The number of carbonyl (C=O) groups is 1. The summed E-state index contributed by atoms with van der Waals surface area (Å²) in [6.45, 7) is 0.319. The van der Waals surface area contributed by atoms with E-state index < -0.39 is 10.0 Å². The number of nitrogens with one attached hydrogen (secondary N) is 1. The first-order chi connectivity index (χ1) is 13.0. The van der Waals surface area contributed by atoms with Gasteiger partial charge in [0.2, 0.25) is 15.9 Å². The summed E-state index contributed by atoms with van der Waals surface area (Å²) >= 11 is 0. The highest BCUT2D eigenvalue weighted by atomic mass is 32.2. The Balaban J connectivity index is 1.39. The number of rotatable bonds is 6. The third-order valence-electron chi connectivity index (χ3n) is 4.82. The van der Waals surface area contributed by atoms with Gasteiger partial charge >= 0.3 is 0 Å². The molecule has 3 heterocycles. The summed E-state index contributed by atoms with van der Waals surface area (Å²) in [4.78, 5) is 17.9. The van der Waals surface area contributed by atoms with E-state index in [0.717, 1.165) is 22.6 Å². The molecule has 0 atom stereocenters. The summed E-state index contributed by atoms with van der Waals surface area (Å²) in [6.07, 6.45) is 5.30. The van der Waals surface area contributed by atoms with E-state index in [2.05, 4.69) is 9.71 Å². The van der Waals surface area contributed by atoms with Crippen LogP contribution in [-0.2, 0) is 27.7 Å². The molecule has 2 aromatic heterocycles. The molecule has 0 saturated carbocycles. The molecule has 3 aromatic rings. The largest absolute Gasteiger partial charge is 0.315 e. The average Bonchev–Trinajstić information content (AvgIpc) is 3.20. The van der Waals surface area contributed by atoms with Gasteiger partial charge in [0.25, 0.3) is 0 Å². The van der Waals surface area contributed by atoms with E-state index in [1.807, 2.05) is 35.0 Å². The van der Waals surface area contributed by atoms with Gasteiger partial charge in [-0.2, -0.15) is 0 Å². The molecule has 0 aliphatic carbocycles. The fourth-order valence-electron chi connectivity index (χ4n) is 3.33. The number of hydrogen-bond acceptors (Lipinski definition) is 4. The van der Waals surface area contributed by atoms with Gasteiger partial charge in [0.1, 0.15) is 5.82 Å². The third-order valence-corrected chi connectivity index (χ3v) is 6.28. The molecule has 1 aliphatic heterocycles. The first kappa shape index (κ1) is 17.7. The number of imidazole rings is 1. The highest BCUT2D eigenvalue weighted by molar-refractivity contribution is 7.89. The molecule has 27 heavy (non-hydrogen) atoms. The molecule has 0 bridgehead atoms. The zero-order valence-corrected chi connectivity index (χ0v) is 15.7. The minimum absolute atomic E-state index is 0.0283. The van der Waals surface area contributed by atoms with Crippen molar-refractivity contribution in [2.75, 3.05) is 18.5 Å². The van der Waals surface area contributed by atoms with Gasteiger partial charge < -0.3 is 9.30 Å². The SMILES string of the molecule is CN1C(=O)Cc2cc(S(=O)(=O)NCCCc3ncc4ccccn34)ccc21. The maximum atomic E-state index is 12.5. The second-order valence-electron chi connectivity index (χ2n) is 6.59. The van der Waals surface area contributed by atoms with Crippen molar-refractivity contribution in [3.8, 4) is 0 Å². The van der Waals surface area contributed by atoms with Crippen LogP contribution < -0.4 is 9.62 Å². The molecular formula is C19H20N4O3S. The number of sulfonamides is 1. The fourth-order valence-corrected chi connectivity index (χ4v) is 4.46. The molecule has 4 rings (SSSR count). The summed E-state index contributed by atoms with van der Waals surface area (Å²) in [5, 5.41) is 0. The second-order valence-corrected chi connectivity index (χ2v) is 8.36. The lowest BCUT2D eigenvalue weighted by Gasteiger charge is -2.11. The van der Waals surface area contributed by atoms with Crippen molar-refractivity contribution in [1.82, 2.24) is 14.1 Å². The molecule has 0 radical (unpaired) electrons. The van der Waals surface area contributed by atoms with Gasteiger partial charge in [-0.05, 0) is 42.3 Å². The van der Waals surface area contributed by atoms with E-state index in [0.29, 0.717) is 19.4 Å². The van der Waals surface area contributed by atoms with Crippen LogP contribution in [0.2, 0.25) is 0 Å². The highest BCUT2D eigenvalue weighted by Gasteiger charge is 2.26. The van der Waals surface area contributed by atoms with Crippen molar-refractivity contribution in [3.63, 3.8) is 0 Å². The van der Waals surface area contributed by atoms with Gasteiger partial charge in [-0.25, -0.2) is 18.1 Å². The van der Waals surface area contributed by atoms with Crippen molar-refractivity contribution in [3.05, 3.63) is 60.2 Å². The van der Waals surface area contributed by atoms with Crippen LogP contribution in [0.4, 0.5) is 5.69 Å². The summed E-state index contributed by atoms with van der Waals surface area (Å²) in [5.74, 6) is 0.878. The Morgan fingerprint density at radius 3 is 2.93 bits per heavy atom. The van der Waals surface area contributed by atoms with E-state index in [4.69, 9.17) is 0 Å². The Labute approximate surface area is 157 Å². The number of aromatic nitrogens is 2. The minimum Gasteiger partial charge on any atom is -0.315 e. The van der Waals surface area contributed by atoms with Crippen LogP contribution in [0.1, 0.15) is 17.8 Å². The molecule has 1 amide bonds. The smallest absolute Gasteiger partial charge is 0.240 e. The van der Waals surface area contributed by atoms with Gasteiger partial charge in [0, 0.05) is 31.9 Å². The molecular weight excluding hydrogens is 364 g/mol. The Hall–Kier alpha value is -2.71. The summed E-state index contributed by atoms with van der Waals surface area (Å²) in [5.41, 5.74) is 2.53. The van der Waals surface area contributed by atoms with Gasteiger partial charge in [0.05, 0.1) is 23.0 Å². The second kappa shape index (κ2) is 6.79. The molecule has 0 saturated heterocycles. The third kappa shape index (κ3) is 3.33. The van der Waals surface area contributed by atoms with Crippen LogP contribution in [0.25, 0.3) is 5.52 Å². The Morgan fingerprint density at radius 2 is 2.07 bits per heavy atom. The van der Waals surface area contributed by atoms with Gasteiger partial charge in [0.15, 0.2) is 0 Å². The maximum Gasteiger partial charge on any atom is 0.240 e. The average molecular weight is 384 g/mol. The van der Waals surface area contributed by atoms with Crippen LogP contribution in [0.5, 0.6) is 0 Å². The number of carbonyl (C=O) groups excluding carboxylic acids is 1. The number of fused-ring (bicyclic) bond motifs is 2. The van der Waals surface area contributed by atoms with Crippen molar-refractivity contribution in [2.24, 2.45) is 0 Å². The van der Waals surface area contributed by atoms with Crippen molar-refractivity contribution in [1.29, 1.82) is 0 Å². The van der Waals surface area contributed by atoms with E-state index in [-0.39, 0.29) is 17.2 Å². The monoisotopic (exact) mass is 384 g/mol. The Bertz CT molecular complexity index is 1120. The topological polar surface area (TPSA) is 83.8 Å². The molecule has 1 N–H and O–H groups in total. The zero-order valence-electron chi connectivity index (χ0n) is 14.9. The van der Waals surface area contributed by atoms with Crippen molar-refractivity contribution < 1.29 is 13.2 Å². The van der Waals surface area contributed by atoms with Gasteiger partial charge in [-0.15, -0.1) is 0 Å². The van der Waals surface area contributed by atoms with Crippen LogP contribution in [0.3, 0.4) is 0 Å². The Kier molecular flexibility index (Phi) is 4.45. The van der Waals surface area contributed by atoms with Crippen LogP contribution in [-0.4, -0.2) is 37.3 Å². The molecule has 8 heteroatoms. The van der Waals surface area contributed by atoms with Crippen LogP contribution in [0, 0.1) is 0 Å². The lowest BCUT2D eigenvalue weighted by molar-refractivity contribution is -0.117. The summed E-state index contributed by atoms with van der Waals surface area (Å²) in [6, 6.07) is 10.7. The molecule has 0 fully saturated rings. The fraction of sp³-hybridized carbons (Fsp3) is 0.263. The highest BCUT2D eigenvalue weighted by Crippen LogP contribution is 2.29. The van der Waals surface area contributed by atoms with E-state index in [1.54, 1.807) is 30.1 Å². The van der Waals surface area contributed by atoms with Gasteiger partial charge in [-0.1, -0.05) is 6.07 Å². The van der Waals surface area contributed by atoms with Crippen molar-refractivity contribution in [2.45, 2.75) is 24.2 Å². The summed E-state index contributed by atoms with van der Waals surface area (Å²) in [7, 11) is -1.91. The maximum absolute atomic E-state index is 12.5. The molecule has 1 aromatic carbocycles. The molecule has 7 nitrogen and oxygen atoms in total. The van der Waals surface area contributed by atoms with E-state index in [1.165, 1.54) is 0 Å². The number of aryl methyl sites for hydroxylation is 1. The summed E-state index contributed by atoms with van der Waals surface area (Å²) < 4.78 is 29.7. The molecule has 0 spiro atoms. The lowest BCUT2D eigenvalue weighted by atomic mass is 10.2. The molecule has 0 unspecified atom stereocenters. The minimum atomic E-state index is -3.61. The number of benzene rings is 1. The predicted molar refractivity (Wildman–Crippen MR) is 102 cm³/mol. The Morgan fingerprint density at radius 1 is 1.22 bits per heavy atom. The molecule has 1 aliphatic rings. The quantitative estimate of drug-likeness (QED) is 0.657. The number of amides is 1. The molecule has 140 valence electrons. The van der Waals surface area contributed by atoms with Gasteiger partial charge in [-0.3, -0.25) is 4.79 Å².